The minimum atomic E-state index is 0.508. The molecule has 0 saturated heterocycles. The highest BCUT2D eigenvalue weighted by Crippen LogP contribution is 2.12. The Morgan fingerprint density at radius 3 is 2.11 bits per heavy atom. The van der Waals surface area contributed by atoms with E-state index in [0.717, 1.165) is 17.4 Å². The van der Waals surface area contributed by atoms with Gasteiger partial charge < -0.3 is 5.32 Å². The van der Waals surface area contributed by atoms with Crippen LogP contribution in [-0.2, 0) is 6.42 Å². The first kappa shape index (κ1) is 15.5. The monoisotopic (exact) mass is 267 g/mol. The molecule has 0 spiro atoms. The smallest absolute Gasteiger partial charge is 0.0406 e. The number of rotatable bonds is 7. The maximum Gasteiger partial charge on any atom is 0.0406 e. The molecule has 0 amide bonds. The molecule has 1 aromatic carbocycles. The molecule has 102 valence electrons. The lowest BCUT2D eigenvalue weighted by Gasteiger charge is -2.21. The quantitative estimate of drug-likeness (QED) is 0.756. The van der Waals surface area contributed by atoms with E-state index in [0.29, 0.717) is 12.1 Å². The van der Waals surface area contributed by atoms with Crippen molar-refractivity contribution in [1.29, 1.82) is 0 Å². The van der Waals surface area contributed by atoms with Crippen molar-refractivity contribution < 1.29 is 0 Å². The molecule has 0 fully saturated rings. The largest absolute Gasteiger partial charge is 0.311 e. The van der Waals surface area contributed by atoms with E-state index in [-0.39, 0.29) is 0 Å². The standard InChI is InChI=1S/C16H26ClN/c1-12(2)5-6-13(3)18-14(4)11-15-7-9-16(17)10-8-15/h7-10,12-14,18H,5-6,11H2,1-4H3. The van der Waals surface area contributed by atoms with E-state index in [4.69, 9.17) is 11.6 Å². The van der Waals surface area contributed by atoms with Crippen LogP contribution in [0.25, 0.3) is 0 Å². The lowest BCUT2D eigenvalue weighted by molar-refractivity contribution is 0.410. The zero-order valence-corrected chi connectivity index (χ0v) is 12.8. The van der Waals surface area contributed by atoms with Crippen LogP contribution in [0, 0.1) is 5.92 Å². The fourth-order valence-corrected chi connectivity index (χ4v) is 2.31. The van der Waals surface area contributed by atoms with Gasteiger partial charge in [-0.1, -0.05) is 37.6 Å². The fraction of sp³-hybridized carbons (Fsp3) is 0.625. The van der Waals surface area contributed by atoms with E-state index >= 15 is 0 Å². The van der Waals surface area contributed by atoms with Crippen LogP contribution in [-0.4, -0.2) is 12.1 Å². The zero-order chi connectivity index (χ0) is 13.5. The third-order valence-electron chi connectivity index (χ3n) is 3.20. The first-order chi connectivity index (χ1) is 8.47. The van der Waals surface area contributed by atoms with Gasteiger partial charge in [-0.05, 0) is 56.7 Å². The average molecular weight is 268 g/mol. The van der Waals surface area contributed by atoms with Crippen molar-refractivity contribution in [2.75, 3.05) is 0 Å². The first-order valence-corrected chi connectivity index (χ1v) is 7.35. The van der Waals surface area contributed by atoms with Gasteiger partial charge in [0.1, 0.15) is 0 Å². The van der Waals surface area contributed by atoms with Crippen molar-refractivity contribution in [2.45, 2.75) is 59.0 Å². The highest BCUT2D eigenvalue weighted by molar-refractivity contribution is 6.30. The number of nitrogens with one attached hydrogen (secondary N) is 1. The number of hydrogen-bond acceptors (Lipinski definition) is 1. The van der Waals surface area contributed by atoms with Crippen molar-refractivity contribution >= 4 is 11.6 Å². The van der Waals surface area contributed by atoms with Crippen molar-refractivity contribution in [3.63, 3.8) is 0 Å². The summed E-state index contributed by atoms with van der Waals surface area (Å²) in [6.07, 6.45) is 3.60. The van der Waals surface area contributed by atoms with E-state index in [1.807, 2.05) is 12.1 Å². The van der Waals surface area contributed by atoms with Crippen molar-refractivity contribution in [1.82, 2.24) is 5.32 Å². The molecule has 2 heteroatoms. The van der Waals surface area contributed by atoms with Crippen LogP contribution in [0.1, 0.15) is 46.1 Å². The second-order valence-corrected chi connectivity index (χ2v) is 6.21. The molecular formula is C16H26ClN. The minimum Gasteiger partial charge on any atom is -0.311 e. The Kier molecular flexibility index (Phi) is 6.73. The van der Waals surface area contributed by atoms with Gasteiger partial charge in [-0.2, -0.15) is 0 Å². The number of halogens is 1. The van der Waals surface area contributed by atoms with Crippen LogP contribution in [0.4, 0.5) is 0 Å². The molecule has 0 bridgehead atoms. The molecular weight excluding hydrogens is 242 g/mol. The Balaban J connectivity index is 2.32. The summed E-state index contributed by atoms with van der Waals surface area (Å²) in [6, 6.07) is 9.25. The van der Waals surface area contributed by atoms with Crippen LogP contribution in [0.15, 0.2) is 24.3 Å². The van der Waals surface area contributed by atoms with Crippen LogP contribution in [0.2, 0.25) is 5.02 Å². The summed E-state index contributed by atoms with van der Waals surface area (Å²) in [4.78, 5) is 0. The molecule has 0 aliphatic heterocycles. The second-order valence-electron chi connectivity index (χ2n) is 5.77. The maximum atomic E-state index is 5.89. The van der Waals surface area contributed by atoms with Gasteiger partial charge in [-0.25, -0.2) is 0 Å². The average Bonchev–Trinajstić information content (AvgIpc) is 2.29. The van der Waals surface area contributed by atoms with Gasteiger partial charge >= 0.3 is 0 Å². The van der Waals surface area contributed by atoms with Gasteiger partial charge in [0.15, 0.2) is 0 Å². The van der Waals surface area contributed by atoms with Crippen LogP contribution < -0.4 is 5.32 Å². The van der Waals surface area contributed by atoms with Crippen LogP contribution in [0.5, 0.6) is 0 Å². The van der Waals surface area contributed by atoms with Gasteiger partial charge in [0.25, 0.3) is 0 Å². The molecule has 0 aliphatic carbocycles. The summed E-state index contributed by atoms with van der Waals surface area (Å²) >= 11 is 5.89. The predicted molar refractivity (Wildman–Crippen MR) is 81.3 cm³/mol. The second kappa shape index (κ2) is 7.81. The van der Waals surface area contributed by atoms with Gasteiger partial charge in [0.05, 0.1) is 0 Å². The van der Waals surface area contributed by atoms with Crippen molar-refractivity contribution in [3.05, 3.63) is 34.9 Å². The lowest BCUT2D eigenvalue weighted by atomic mass is 10.0. The van der Waals surface area contributed by atoms with Gasteiger partial charge in [-0.15, -0.1) is 0 Å². The summed E-state index contributed by atoms with van der Waals surface area (Å²) in [7, 11) is 0. The Hall–Kier alpha value is -0.530. The number of benzene rings is 1. The molecule has 0 saturated carbocycles. The predicted octanol–water partition coefficient (Wildman–Crippen LogP) is 4.69. The number of hydrogen-bond donors (Lipinski definition) is 1. The Bertz CT molecular complexity index is 331. The summed E-state index contributed by atoms with van der Waals surface area (Å²) in [6.45, 7) is 9.09. The van der Waals surface area contributed by atoms with Gasteiger partial charge in [-0.3, -0.25) is 0 Å². The van der Waals surface area contributed by atoms with Crippen molar-refractivity contribution in [3.8, 4) is 0 Å². The third-order valence-corrected chi connectivity index (χ3v) is 3.45. The summed E-state index contributed by atoms with van der Waals surface area (Å²) in [5.74, 6) is 0.792. The molecule has 2 unspecified atom stereocenters. The van der Waals surface area contributed by atoms with E-state index in [1.165, 1.54) is 18.4 Å². The Morgan fingerprint density at radius 2 is 1.56 bits per heavy atom. The van der Waals surface area contributed by atoms with Gasteiger partial charge in [0.2, 0.25) is 0 Å². The topological polar surface area (TPSA) is 12.0 Å². The fourth-order valence-electron chi connectivity index (χ4n) is 2.19. The SMILES string of the molecule is CC(C)CCC(C)NC(C)Cc1ccc(Cl)cc1. The Morgan fingerprint density at radius 1 is 0.944 bits per heavy atom. The van der Waals surface area contributed by atoms with E-state index < -0.39 is 0 Å². The lowest BCUT2D eigenvalue weighted by Crippen LogP contribution is -2.36. The molecule has 0 aliphatic rings. The van der Waals surface area contributed by atoms with E-state index in [9.17, 15) is 0 Å². The normalized spacial score (nSPS) is 14.8. The van der Waals surface area contributed by atoms with Crippen LogP contribution >= 0.6 is 11.6 Å². The molecule has 0 radical (unpaired) electrons. The molecule has 1 rings (SSSR count). The molecule has 0 heterocycles. The summed E-state index contributed by atoms with van der Waals surface area (Å²) in [5.41, 5.74) is 1.34. The highest BCUT2D eigenvalue weighted by Gasteiger charge is 2.08. The van der Waals surface area contributed by atoms with E-state index in [1.54, 1.807) is 0 Å². The molecule has 2 atom stereocenters. The van der Waals surface area contributed by atoms with Gasteiger partial charge in [0, 0.05) is 17.1 Å². The van der Waals surface area contributed by atoms with Crippen LogP contribution in [0.3, 0.4) is 0 Å². The maximum absolute atomic E-state index is 5.89. The third kappa shape index (κ3) is 6.42. The molecule has 1 aromatic rings. The minimum absolute atomic E-state index is 0.508. The molecule has 18 heavy (non-hydrogen) atoms. The Labute approximate surface area is 117 Å². The molecule has 0 aromatic heterocycles. The first-order valence-electron chi connectivity index (χ1n) is 6.98. The molecule has 1 N–H and O–H groups in total. The zero-order valence-electron chi connectivity index (χ0n) is 12.0. The molecule has 1 nitrogen and oxygen atoms in total. The summed E-state index contributed by atoms with van der Waals surface area (Å²) in [5, 5.41) is 4.48. The van der Waals surface area contributed by atoms with Crippen molar-refractivity contribution in [2.24, 2.45) is 5.92 Å². The van der Waals surface area contributed by atoms with E-state index in [2.05, 4.69) is 45.1 Å². The highest BCUT2D eigenvalue weighted by atomic mass is 35.5. The summed E-state index contributed by atoms with van der Waals surface area (Å²) < 4.78 is 0.